The van der Waals surface area contributed by atoms with Gasteiger partial charge in [-0.25, -0.2) is 9.78 Å². The number of carbonyl (C=O) groups excluding carboxylic acids is 1. The van der Waals surface area contributed by atoms with Gasteiger partial charge in [0, 0.05) is 12.4 Å². The van der Waals surface area contributed by atoms with E-state index in [2.05, 4.69) is 14.7 Å². The zero-order chi connectivity index (χ0) is 8.97. The van der Waals surface area contributed by atoms with Crippen molar-refractivity contribution in [1.29, 1.82) is 0 Å². The number of nitrogens with one attached hydrogen (secondary N) is 1. The molecule has 0 saturated carbocycles. The number of imidazole rings is 1. The van der Waals surface area contributed by atoms with E-state index in [-0.39, 0.29) is 12.4 Å². The van der Waals surface area contributed by atoms with Crippen LogP contribution in [0.3, 0.4) is 0 Å². The summed E-state index contributed by atoms with van der Waals surface area (Å²) in [7, 11) is 0. The molecule has 0 aliphatic carbocycles. The molecule has 1 aromatic rings. The topological polar surface area (TPSA) is 75.2 Å². The van der Waals surface area contributed by atoms with Gasteiger partial charge in [0.1, 0.15) is 6.61 Å². The summed E-state index contributed by atoms with van der Waals surface area (Å²) >= 11 is 0. The van der Waals surface area contributed by atoms with E-state index in [1.807, 2.05) is 0 Å². The van der Waals surface area contributed by atoms with Gasteiger partial charge in [-0.2, -0.15) is 0 Å². The molecule has 1 heterocycles. The molecule has 66 valence electrons. The second kappa shape index (κ2) is 3.87. The minimum absolute atomic E-state index is 0.0144. The van der Waals surface area contributed by atoms with Crippen molar-refractivity contribution >= 4 is 5.97 Å². The van der Waals surface area contributed by atoms with Crippen LogP contribution in [0.5, 0.6) is 0 Å². The first kappa shape index (κ1) is 8.73. The predicted molar refractivity (Wildman–Crippen MR) is 40.6 cm³/mol. The molecule has 0 radical (unpaired) electrons. The fourth-order valence-corrected chi connectivity index (χ4v) is 0.642. The Bertz CT molecular complexity index is 243. The van der Waals surface area contributed by atoms with Crippen LogP contribution in [0, 0.1) is 0 Å². The van der Waals surface area contributed by atoms with Gasteiger partial charge in [-0.05, 0) is 6.92 Å². The highest BCUT2D eigenvalue weighted by Gasteiger charge is 2.09. The zero-order valence-corrected chi connectivity index (χ0v) is 6.65. The van der Waals surface area contributed by atoms with Gasteiger partial charge in [0.15, 0.2) is 0 Å². The highest BCUT2D eigenvalue weighted by atomic mass is 16.5. The smallest absolute Gasteiger partial charge is 0.374 e. The standard InChI is InChI=1S/C7H10N2O3/c1-5(10)4-12-7(11)6-8-2-3-9-6/h2-3,5,10H,4H2,1H3,(H,8,9). The van der Waals surface area contributed by atoms with E-state index in [1.54, 1.807) is 0 Å². The lowest BCUT2D eigenvalue weighted by atomic mass is 10.4. The third-order valence-corrected chi connectivity index (χ3v) is 1.15. The Morgan fingerprint density at radius 1 is 1.92 bits per heavy atom. The van der Waals surface area contributed by atoms with Crippen molar-refractivity contribution in [2.24, 2.45) is 0 Å². The lowest BCUT2D eigenvalue weighted by Crippen LogP contribution is -2.16. The van der Waals surface area contributed by atoms with Crippen LogP contribution in [0.4, 0.5) is 0 Å². The first-order chi connectivity index (χ1) is 5.70. The number of aromatic nitrogens is 2. The van der Waals surface area contributed by atoms with Gasteiger partial charge < -0.3 is 14.8 Å². The normalized spacial score (nSPS) is 12.5. The Morgan fingerprint density at radius 3 is 3.17 bits per heavy atom. The third-order valence-electron chi connectivity index (χ3n) is 1.15. The van der Waals surface area contributed by atoms with Crippen molar-refractivity contribution in [2.45, 2.75) is 13.0 Å². The van der Waals surface area contributed by atoms with E-state index in [4.69, 9.17) is 5.11 Å². The third kappa shape index (κ3) is 2.35. The van der Waals surface area contributed by atoms with Crippen LogP contribution < -0.4 is 0 Å². The van der Waals surface area contributed by atoms with Crippen LogP contribution in [0.1, 0.15) is 17.5 Å². The summed E-state index contributed by atoms with van der Waals surface area (Å²) in [6.45, 7) is 1.52. The second-order valence-corrected chi connectivity index (χ2v) is 2.39. The number of ether oxygens (including phenoxy) is 1. The second-order valence-electron chi connectivity index (χ2n) is 2.39. The van der Waals surface area contributed by atoms with Gasteiger partial charge in [-0.3, -0.25) is 0 Å². The molecule has 5 nitrogen and oxygen atoms in total. The van der Waals surface area contributed by atoms with Crippen molar-refractivity contribution in [2.75, 3.05) is 6.61 Å². The van der Waals surface area contributed by atoms with Crippen molar-refractivity contribution in [3.63, 3.8) is 0 Å². The van der Waals surface area contributed by atoms with Crippen molar-refractivity contribution < 1.29 is 14.6 Å². The Morgan fingerprint density at radius 2 is 2.67 bits per heavy atom. The average Bonchev–Trinajstić information content (AvgIpc) is 2.51. The minimum atomic E-state index is -0.649. The molecule has 1 atom stereocenters. The molecular formula is C7H10N2O3. The van der Waals surface area contributed by atoms with Crippen molar-refractivity contribution in [1.82, 2.24) is 9.97 Å². The first-order valence-electron chi connectivity index (χ1n) is 3.54. The van der Waals surface area contributed by atoms with Gasteiger partial charge >= 0.3 is 5.97 Å². The largest absolute Gasteiger partial charge is 0.457 e. The van der Waals surface area contributed by atoms with E-state index in [0.717, 1.165) is 0 Å². The fraction of sp³-hybridized carbons (Fsp3) is 0.429. The predicted octanol–water partition coefficient (Wildman–Crippen LogP) is -0.0527. The van der Waals surface area contributed by atoms with Crippen molar-refractivity contribution in [3.05, 3.63) is 18.2 Å². The maximum Gasteiger partial charge on any atom is 0.374 e. The van der Waals surface area contributed by atoms with Gasteiger partial charge in [0.2, 0.25) is 5.82 Å². The number of hydrogen-bond donors (Lipinski definition) is 2. The number of carbonyl (C=O) groups is 1. The number of esters is 1. The number of H-pyrrole nitrogens is 1. The number of hydrogen-bond acceptors (Lipinski definition) is 4. The SMILES string of the molecule is CC(O)COC(=O)c1ncc[nH]1. The Balaban J connectivity index is 2.40. The Kier molecular flexibility index (Phi) is 2.82. The summed E-state index contributed by atoms with van der Waals surface area (Å²) in [6.07, 6.45) is 2.33. The fourth-order valence-electron chi connectivity index (χ4n) is 0.642. The first-order valence-corrected chi connectivity index (χ1v) is 3.54. The van der Waals surface area contributed by atoms with Crippen LogP contribution >= 0.6 is 0 Å². The quantitative estimate of drug-likeness (QED) is 0.623. The molecule has 0 saturated heterocycles. The lowest BCUT2D eigenvalue weighted by molar-refractivity contribution is 0.0285. The summed E-state index contributed by atoms with van der Waals surface area (Å²) < 4.78 is 4.67. The molecule has 12 heavy (non-hydrogen) atoms. The molecule has 0 aliphatic heterocycles. The molecule has 0 fully saturated rings. The number of aliphatic hydroxyl groups excluding tert-OH is 1. The van der Waals surface area contributed by atoms with Crippen molar-refractivity contribution in [3.8, 4) is 0 Å². The van der Waals surface area contributed by atoms with Gasteiger partial charge in [-0.1, -0.05) is 0 Å². The van der Waals surface area contributed by atoms with E-state index < -0.39 is 12.1 Å². The summed E-state index contributed by atoms with van der Waals surface area (Å²) in [6, 6.07) is 0. The number of aliphatic hydroxyl groups is 1. The van der Waals surface area contributed by atoms with Crippen LogP contribution in [-0.2, 0) is 4.74 Å². The molecule has 0 bridgehead atoms. The van der Waals surface area contributed by atoms with Crippen LogP contribution in [0.2, 0.25) is 0 Å². The summed E-state index contributed by atoms with van der Waals surface area (Å²) in [5.74, 6) is -0.406. The average molecular weight is 170 g/mol. The highest BCUT2D eigenvalue weighted by Crippen LogP contribution is 1.93. The number of nitrogens with zero attached hydrogens (tertiary/aromatic N) is 1. The lowest BCUT2D eigenvalue weighted by Gasteiger charge is -2.03. The van der Waals surface area contributed by atoms with Gasteiger partial charge in [-0.15, -0.1) is 0 Å². The molecule has 0 aliphatic rings. The molecular weight excluding hydrogens is 160 g/mol. The monoisotopic (exact) mass is 170 g/mol. The number of rotatable bonds is 3. The zero-order valence-electron chi connectivity index (χ0n) is 6.65. The van der Waals surface area contributed by atoms with E-state index >= 15 is 0 Å². The Hall–Kier alpha value is -1.36. The van der Waals surface area contributed by atoms with E-state index in [1.165, 1.54) is 19.3 Å². The number of aromatic amines is 1. The molecule has 0 aromatic carbocycles. The molecule has 1 unspecified atom stereocenters. The van der Waals surface area contributed by atoms with E-state index in [9.17, 15) is 4.79 Å². The van der Waals surface area contributed by atoms with Crippen LogP contribution in [0.15, 0.2) is 12.4 Å². The maximum atomic E-state index is 11.0. The van der Waals surface area contributed by atoms with Gasteiger partial charge in [0.25, 0.3) is 0 Å². The molecule has 0 amide bonds. The molecule has 1 aromatic heterocycles. The molecule has 5 heteroatoms. The molecule has 1 rings (SSSR count). The maximum absolute atomic E-state index is 11.0. The van der Waals surface area contributed by atoms with Gasteiger partial charge in [0.05, 0.1) is 6.10 Å². The van der Waals surface area contributed by atoms with Crippen LogP contribution in [0.25, 0.3) is 0 Å². The highest BCUT2D eigenvalue weighted by molar-refractivity contribution is 5.85. The minimum Gasteiger partial charge on any atom is -0.457 e. The van der Waals surface area contributed by atoms with E-state index in [0.29, 0.717) is 0 Å². The summed E-state index contributed by atoms with van der Waals surface area (Å²) in [5, 5.41) is 8.79. The summed E-state index contributed by atoms with van der Waals surface area (Å²) in [5.41, 5.74) is 0. The molecule has 2 N–H and O–H groups in total. The Labute approximate surface area is 69.4 Å². The van der Waals surface area contributed by atoms with Crippen LogP contribution in [-0.4, -0.2) is 33.8 Å². The summed E-state index contributed by atoms with van der Waals surface area (Å²) in [4.78, 5) is 17.3. The molecule has 0 spiro atoms.